The Morgan fingerprint density at radius 2 is 0.933 bits per heavy atom. The number of nitrogens with zero attached hydrogens (tertiary/aromatic N) is 8. The minimum atomic E-state index is 0.734. The Labute approximate surface area is 170 Å². The van der Waals surface area contributed by atoms with Gasteiger partial charge in [0.1, 0.15) is 11.4 Å². The number of aromatic nitrogens is 8. The zero-order valence-electron chi connectivity index (χ0n) is 15.7. The lowest BCUT2D eigenvalue weighted by Gasteiger charge is -2.05. The third-order valence-electron chi connectivity index (χ3n) is 4.89. The summed E-state index contributed by atoms with van der Waals surface area (Å²) in [7, 11) is 0. The van der Waals surface area contributed by atoms with Gasteiger partial charge < -0.3 is 0 Å². The highest BCUT2D eigenvalue weighted by Gasteiger charge is 2.13. The van der Waals surface area contributed by atoms with Gasteiger partial charge in [-0.1, -0.05) is 34.7 Å². The first-order chi connectivity index (χ1) is 14.9. The van der Waals surface area contributed by atoms with Gasteiger partial charge in [0.15, 0.2) is 0 Å². The first kappa shape index (κ1) is 16.5. The van der Waals surface area contributed by atoms with E-state index in [9.17, 15) is 0 Å². The second-order valence-electron chi connectivity index (χ2n) is 6.75. The molecule has 0 aliphatic rings. The number of hydrogen-bond acceptors (Lipinski definition) is 6. The van der Waals surface area contributed by atoms with E-state index in [1.807, 2.05) is 85.2 Å². The van der Waals surface area contributed by atoms with Crippen LogP contribution in [0.4, 0.5) is 0 Å². The SMILES string of the molecule is c1cc(-c2cccc(-c3nnn4ccccc34)n2)nc(-c2nnn3ccccc23)c1. The molecule has 8 nitrogen and oxygen atoms in total. The van der Waals surface area contributed by atoms with Crippen LogP contribution in [0.1, 0.15) is 0 Å². The number of rotatable bonds is 3. The van der Waals surface area contributed by atoms with Gasteiger partial charge in [0.05, 0.1) is 33.8 Å². The Hall–Kier alpha value is -4.46. The lowest BCUT2D eigenvalue weighted by Crippen LogP contribution is -1.93. The summed E-state index contributed by atoms with van der Waals surface area (Å²) in [6.07, 6.45) is 3.73. The summed E-state index contributed by atoms with van der Waals surface area (Å²) < 4.78 is 3.47. The van der Waals surface area contributed by atoms with Gasteiger partial charge >= 0.3 is 0 Å². The molecule has 6 aromatic rings. The summed E-state index contributed by atoms with van der Waals surface area (Å²) in [5.41, 5.74) is 6.27. The van der Waals surface area contributed by atoms with Crippen molar-refractivity contribution in [2.24, 2.45) is 0 Å². The van der Waals surface area contributed by atoms with E-state index in [1.165, 1.54) is 0 Å². The highest BCUT2D eigenvalue weighted by atomic mass is 15.4. The zero-order chi connectivity index (χ0) is 19.9. The Balaban J connectivity index is 1.45. The smallest absolute Gasteiger partial charge is 0.139 e. The minimum Gasteiger partial charge on any atom is -0.244 e. The van der Waals surface area contributed by atoms with Gasteiger partial charge in [0, 0.05) is 12.4 Å². The average molecular weight is 390 g/mol. The van der Waals surface area contributed by atoms with E-state index >= 15 is 0 Å². The third kappa shape index (κ3) is 2.62. The molecule has 0 amide bonds. The topological polar surface area (TPSA) is 86.2 Å². The Morgan fingerprint density at radius 3 is 1.43 bits per heavy atom. The second kappa shape index (κ2) is 6.56. The summed E-state index contributed by atoms with van der Waals surface area (Å²) in [6, 6.07) is 23.3. The molecular formula is C22H14N8. The van der Waals surface area contributed by atoms with Crippen molar-refractivity contribution in [3.63, 3.8) is 0 Å². The van der Waals surface area contributed by atoms with Crippen LogP contribution in [0.3, 0.4) is 0 Å². The van der Waals surface area contributed by atoms with Crippen LogP contribution in [0, 0.1) is 0 Å². The average Bonchev–Trinajstić information content (AvgIpc) is 3.44. The molecular weight excluding hydrogens is 376 g/mol. The van der Waals surface area contributed by atoms with Crippen LogP contribution in [0.2, 0.25) is 0 Å². The lowest BCUT2D eigenvalue weighted by atomic mass is 10.1. The first-order valence-electron chi connectivity index (χ1n) is 9.42. The van der Waals surface area contributed by atoms with Crippen molar-refractivity contribution >= 4 is 11.0 Å². The molecule has 0 unspecified atom stereocenters. The molecule has 142 valence electrons. The molecule has 0 spiro atoms. The third-order valence-corrected chi connectivity index (χ3v) is 4.89. The standard InChI is InChI=1S/C22H14N8/c1-3-13-29-19(11-1)21(25-27-29)17-9-5-7-15(23-17)16-8-6-10-18(24-16)22-20-12-2-4-14-30(20)28-26-22/h1-14H. The molecule has 30 heavy (non-hydrogen) atoms. The predicted octanol–water partition coefficient (Wildman–Crippen LogP) is 3.56. The number of pyridine rings is 4. The molecule has 8 heteroatoms. The molecule has 6 rings (SSSR count). The van der Waals surface area contributed by atoms with Crippen molar-refractivity contribution in [1.82, 2.24) is 39.6 Å². The largest absolute Gasteiger partial charge is 0.244 e. The van der Waals surface area contributed by atoms with Crippen molar-refractivity contribution in [1.29, 1.82) is 0 Å². The molecule has 0 saturated heterocycles. The lowest BCUT2D eigenvalue weighted by molar-refractivity contribution is 0.856. The van der Waals surface area contributed by atoms with Gasteiger partial charge in [-0.2, -0.15) is 0 Å². The maximum atomic E-state index is 4.80. The van der Waals surface area contributed by atoms with Crippen LogP contribution in [0.25, 0.3) is 45.2 Å². The van der Waals surface area contributed by atoms with E-state index in [2.05, 4.69) is 20.6 Å². The molecule has 6 heterocycles. The second-order valence-corrected chi connectivity index (χ2v) is 6.75. The van der Waals surface area contributed by atoms with Gasteiger partial charge in [-0.25, -0.2) is 19.0 Å². The van der Waals surface area contributed by atoms with Gasteiger partial charge in [0.2, 0.25) is 0 Å². The van der Waals surface area contributed by atoms with E-state index < -0.39 is 0 Å². The van der Waals surface area contributed by atoms with Crippen LogP contribution in [0.15, 0.2) is 85.2 Å². The van der Waals surface area contributed by atoms with Crippen LogP contribution < -0.4 is 0 Å². The van der Waals surface area contributed by atoms with Crippen molar-refractivity contribution in [2.75, 3.05) is 0 Å². The van der Waals surface area contributed by atoms with E-state index in [1.54, 1.807) is 9.03 Å². The van der Waals surface area contributed by atoms with Crippen LogP contribution in [0.5, 0.6) is 0 Å². The van der Waals surface area contributed by atoms with Gasteiger partial charge in [-0.05, 0) is 48.5 Å². The maximum Gasteiger partial charge on any atom is 0.139 e. The van der Waals surface area contributed by atoms with Crippen molar-refractivity contribution in [2.45, 2.75) is 0 Å². The fourth-order valence-corrected chi connectivity index (χ4v) is 3.47. The van der Waals surface area contributed by atoms with Gasteiger partial charge in [-0.3, -0.25) is 0 Å². The highest BCUT2D eigenvalue weighted by molar-refractivity contribution is 5.77. The summed E-state index contributed by atoms with van der Waals surface area (Å²) in [6.45, 7) is 0. The number of hydrogen-bond donors (Lipinski definition) is 0. The van der Waals surface area contributed by atoms with E-state index in [-0.39, 0.29) is 0 Å². The number of fused-ring (bicyclic) bond motifs is 2. The molecule has 6 aromatic heterocycles. The molecule has 0 atom stereocenters. The van der Waals surface area contributed by atoms with Crippen LogP contribution in [-0.2, 0) is 0 Å². The summed E-state index contributed by atoms with van der Waals surface area (Å²) in [5, 5.41) is 16.9. The highest BCUT2D eigenvalue weighted by Crippen LogP contribution is 2.26. The Kier molecular flexibility index (Phi) is 3.60. The quantitative estimate of drug-likeness (QED) is 0.459. The summed E-state index contributed by atoms with van der Waals surface area (Å²) in [4.78, 5) is 9.60. The van der Waals surface area contributed by atoms with Crippen LogP contribution in [-0.4, -0.2) is 39.6 Å². The maximum absolute atomic E-state index is 4.80. The molecule has 0 aromatic carbocycles. The van der Waals surface area contributed by atoms with Gasteiger partial charge in [0.25, 0.3) is 0 Å². The van der Waals surface area contributed by atoms with E-state index in [0.29, 0.717) is 0 Å². The first-order valence-corrected chi connectivity index (χ1v) is 9.42. The molecule has 0 N–H and O–H groups in total. The van der Waals surface area contributed by atoms with E-state index in [4.69, 9.17) is 9.97 Å². The Morgan fingerprint density at radius 1 is 0.467 bits per heavy atom. The van der Waals surface area contributed by atoms with E-state index in [0.717, 1.165) is 45.2 Å². The fraction of sp³-hybridized carbons (Fsp3) is 0. The molecule has 0 aliphatic heterocycles. The van der Waals surface area contributed by atoms with Crippen molar-refractivity contribution in [3.05, 3.63) is 85.2 Å². The predicted molar refractivity (Wildman–Crippen MR) is 111 cm³/mol. The monoisotopic (exact) mass is 390 g/mol. The summed E-state index contributed by atoms with van der Waals surface area (Å²) >= 11 is 0. The minimum absolute atomic E-state index is 0.734. The molecule has 0 aliphatic carbocycles. The van der Waals surface area contributed by atoms with Crippen molar-refractivity contribution < 1.29 is 0 Å². The van der Waals surface area contributed by atoms with Crippen LogP contribution >= 0.6 is 0 Å². The molecule has 0 fully saturated rings. The zero-order valence-corrected chi connectivity index (χ0v) is 15.7. The summed E-state index contributed by atoms with van der Waals surface area (Å²) in [5.74, 6) is 0. The molecule has 0 bridgehead atoms. The molecule has 0 saturated carbocycles. The normalized spacial score (nSPS) is 11.3. The van der Waals surface area contributed by atoms with Gasteiger partial charge in [-0.15, -0.1) is 10.2 Å². The molecule has 0 radical (unpaired) electrons. The Bertz CT molecular complexity index is 1400. The fourth-order valence-electron chi connectivity index (χ4n) is 3.47. The van der Waals surface area contributed by atoms with Crippen molar-refractivity contribution in [3.8, 4) is 34.2 Å².